The van der Waals surface area contributed by atoms with Crippen molar-refractivity contribution < 1.29 is 31.5 Å². The molecule has 1 amide bonds. The summed E-state index contributed by atoms with van der Waals surface area (Å²) in [4.78, 5) is 20.0. The number of nitrogens with zero attached hydrogens (tertiary/aromatic N) is 2. The highest BCUT2D eigenvalue weighted by molar-refractivity contribution is 5.83. The van der Waals surface area contributed by atoms with Crippen LogP contribution >= 0.6 is 0 Å². The molecule has 28 heavy (non-hydrogen) atoms. The normalized spacial score (nSPS) is 19.8. The number of hydrogen-bond donors (Lipinski definition) is 1. The number of aromatic nitrogens is 2. The van der Waals surface area contributed by atoms with Gasteiger partial charge in [0.05, 0.1) is 24.1 Å². The van der Waals surface area contributed by atoms with Gasteiger partial charge in [-0.3, -0.25) is 9.78 Å². The molecule has 1 aromatic heterocycles. The summed E-state index contributed by atoms with van der Waals surface area (Å²) in [7, 11) is 0. The largest absolute Gasteiger partial charge is 0.467 e. The van der Waals surface area contributed by atoms with Gasteiger partial charge in [-0.05, 0) is 37.0 Å². The highest BCUT2D eigenvalue weighted by Gasteiger charge is 2.44. The topological polar surface area (TPSA) is 64.1 Å². The van der Waals surface area contributed by atoms with Crippen LogP contribution in [0.5, 0.6) is 5.88 Å². The first-order valence-electron chi connectivity index (χ1n) is 8.40. The minimum absolute atomic E-state index is 0.262. The standard InChI is InChI=1S/C18H16F5N3O2/c1-9(15-6-25-16(7-24-15)28-8-18(21,22)23)26-17(27)14-5-13(14)10-2-11(19)4-12(20)3-10/h2-4,6-7,9,13-14H,5,8H2,1H3,(H,26,27)/t9-,13+,14-/m1/s1. The second kappa shape index (κ2) is 7.69. The fraction of sp³-hybridized carbons (Fsp3) is 0.389. The molecule has 1 aromatic carbocycles. The van der Waals surface area contributed by atoms with E-state index >= 15 is 0 Å². The van der Waals surface area contributed by atoms with Crippen LogP contribution in [0.4, 0.5) is 22.0 Å². The zero-order chi connectivity index (χ0) is 20.5. The first kappa shape index (κ1) is 20.0. The van der Waals surface area contributed by atoms with Crippen molar-refractivity contribution in [3.8, 4) is 5.88 Å². The van der Waals surface area contributed by atoms with Crippen molar-refractivity contribution >= 4 is 5.91 Å². The lowest BCUT2D eigenvalue weighted by Crippen LogP contribution is -2.29. The van der Waals surface area contributed by atoms with E-state index in [1.54, 1.807) is 6.92 Å². The van der Waals surface area contributed by atoms with E-state index in [-0.39, 0.29) is 17.7 Å². The molecular weight excluding hydrogens is 385 g/mol. The highest BCUT2D eigenvalue weighted by Crippen LogP contribution is 2.48. The molecule has 0 aliphatic heterocycles. The van der Waals surface area contributed by atoms with Crippen molar-refractivity contribution in [2.24, 2.45) is 5.92 Å². The zero-order valence-electron chi connectivity index (χ0n) is 14.6. The fourth-order valence-electron chi connectivity index (χ4n) is 2.82. The van der Waals surface area contributed by atoms with E-state index in [0.29, 0.717) is 17.7 Å². The molecule has 3 atom stereocenters. The molecule has 1 heterocycles. The maximum absolute atomic E-state index is 13.3. The quantitative estimate of drug-likeness (QED) is 0.751. The van der Waals surface area contributed by atoms with Crippen LogP contribution in [0.25, 0.3) is 0 Å². The molecule has 1 saturated carbocycles. The number of carbonyl (C=O) groups is 1. The number of benzene rings is 1. The van der Waals surface area contributed by atoms with Crippen molar-refractivity contribution in [2.45, 2.75) is 31.5 Å². The van der Waals surface area contributed by atoms with Gasteiger partial charge in [0.15, 0.2) is 6.61 Å². The number of amides is 1. The first-order valence-corrected chi connectivity index (χ1v) is 8.40. The van der Waals surface area contributed by atoms with E-state index in [4.69, 9.17) is 0 Å². The second-order valence-electron chi connectivity index (χ2n) is 6.57. The van der Waals surface area contributed by atoms with E-state index in [2.05, 4.69) is 20.0 Å². The van der Waals surface area contributed by atoms with Crippen LogP contribution < -0.4 is 10.1 Å². The third-order valence-corrected chi connectivity index (χ3v) is 4.27. The number of alkyl halides is 3. The van der Waals surface area contributed by atoms with Gasteiger partial charge in [-0.2, -0.15) is 13.2 Å². The molecule has 0 bridgehead atoms. The maximum Gasteiger partial charge on any atom is 0.422 e. The average Bonchev–Trinajstić information content (AvgIpc) is 3.40. The molecule has 0 spiro atoms. The van der Waals surface area contributed by atoms with Gasteiger partial charge in [0.25, 0.3) is 0 Å². The predicted octanol–water partition coefficient (Wildman–Crippen LogP) is 3.68. The lowest BCUT2D eigenvalue weighted by Gasteiger charge is -2.14. The summed E-state index contributed by atoms with van der Waals surface area (Å²) in [5, 5.41) is 2.71. The van der Waals surface area contributed by atoms with Crippen molar-refractivity contribution in [3.05, 3.63) is 53.5 Å². The van der Waals surface area contributed by atoms with Crippen molar-refractivity contribution in [1.29, 1.82) is 0 Å². The highest BCUT2D eigenvalue weighted by atomic mass is 19.4. The number of hydrogen-bond acceptors (Lipinski definition) is 4. The molecule has 150 valence electrons. The third kappa shape index (κ3) is 5.14. The fourth-order valence-corrected chi connectivity index (χ4v) is 2.82. The molecule has 1 N–H and O–H groups in total. The summed E-state index contributed by atoms with van der Waals surface area (Å²) in [6, 6.07) is 2.62. The average molecular weight is 401 g/mol. The zero-order valence-corrected chi connectivity index (χ0v) is 14.6. The van der Waals surface area contributed by atoms with Crippen LogP contribution in [0.15, 0.2) is 30.6 Å². The molecule has 10 heteroatoms. The lowest BCUT2D eigenvalue weighted by molar-refractivity contribution is -0.154. The van der Waals surface area contributed by atoms with E-state index < -0.39 is 36.4 Å². The summed E-state index contributed by atoms with van der Waals surface area (Å²) in [6.07, 6.45) is -1.76. The van der Waals surface area contributed by atoms with Gasteiger partial charge in [0.1, 0.15) is 11.6 Å². The number of rotatable bonds is 6. The van der Waals surface area contributed by atoms with Crippen molar-refractivity contribution in [3.63, 3.8) is 0 Å². The SMILES string of the molecule is C[C@@H](NC(=O)[C@@H]1C[C@H]1c1cc(F)cc(F)c1)c1cnc(OCC(F)(F)F)cn1. The van der Waals surface area contributed by atoms with Crippen LogP contribution in [0.1, 0.15) is 36.6 Å². The van der Waals surface area contributed by atoms with Gasteiger partial charge < -0.3 is 10.1 Å². The molecule has 1 aliphatic carbocycles. The van der Waals surface area contributed by atoms with Gasteiger partial charge >= 0.3 is 6.18 Å². The van der Waals surface area contributed by atoms with Gasteiger partial charge in [0, 0.05) is 12.0 Å². The molecule has 1 aliphatic rings. The summed E-state index contributed by atoms with van der Waals surface area (Å²) in [5.41, 5.74) is 0.762. The van der Waals surface area contributed by atoms with Crippen LogP contribution in [0.2, 0.25) is 0 Å². The van der Waals surface area contributed by atoms with Crippen molar-refractivity contribution in [1.82, 2.24) is 15.3 Å². The van der Waals surface area contributed by atoms with Crippen LogP contribution in [0.3, 0.4) is 0 Å². The molecule has 3 rings (SSSR count). The number of halogens is 5. The number of carbonyl (C=O) groups excluding carboxylic acids is 1. The number of ether oxygens (including phenoxy) is 1. The summed E-state index contributed by atoms with van der Waals surface area (Å²) in [6.45, 7) is 0.161. The Hall–Kier alpha value is -2.78. The van der Waals surface area contributed by atoms with Gasteiger partial charge in [-0.1, -0.05) is 0 Å². The van der Waals surface area contributed by atoms with Crippen LogP contribution in [0, 0.1) is 17.6 Å². The number of nitrogens with one attached hydrogen (secondary N) is 1. The first-order chi connectivity index (χ1) is 13.1. The van der Waals surface area contributed by atoms with E-state index in [1.165, 1.54) is 18.3 Å². The Balaban J connectivity index is 1.55. The molecule has 0 saturated heterocycles. The van der Waals surface area contributed by atoms with Gasteiger partial charge in [-0.15, -0.1) is 0 Å². The minimum Gasteiger partial charge on any atom is -0.467 e. The van der Waals surface area contributed by atoms with Crippen molar-refractivity contribution in [2.75, 3.05) is 6.61 Å². The molecule has 1 fully saturated rings. The molecule has 0 unspecified atom stereocenters. The Bertz CT molecular complexity index is 837. The lowest BCUT2D eigenvalue weighted by atomic mass is 10.1. The third-order valence-electron chi connectivity index (χ3n) is 4.27. The molecular formula is C18H16F5N3O2. The summed E-state index contributed by atoms with van der Waals surface area (Å²) >= 11 is 0. The Morgan fingerprint density at radius 3 is 2.46 bits per heavy atom. The van der Waals surface area contributed by atoms with Crippen LogP contribution in [-0.4, -0.2) is 28.7 Å². The van der Waals surface area contributed by atoms with E-state index in [1.807, 2.05) is 0 Å². The Morgan fingerprint density at radius 1 is 1.21 bits per heavy atom. The Labute approximate surface area is 156 Å². The molecule has 5 nitrogen and oxygen atoms in total. The van der Waals surface area contributed by atoms with E-state index in [0.717, 1.165) is 12.3 Å². The smallest absolute Gasteiger partial charge is 0.422 e. The second-order valence-corrected chi connectivity index (χ2v) is 6.57. The van der Waals surface area contributed by atoms with Crippen LogP contribution in [-0.2, 0) is 4.79 Å². The monoisotopic (exact) mass is 401 g/mol. The molecule has 2 aromatic rings. The Kier molecular flexibility index (Phi) is 5.48. The minimum atomic E-state index is -4.48. The van der Waals surface area contributed by atoms with Gasteiger partial charge in [-0.25, -0.2) is 13.8 Å². The summed E-state index contributed by atoms with van der Waals surface area (Å²) in [5.74, 6) is -2.65. The maximum atomic E-state index is 13.3. The molecule has 0 radical (unpaired) electrons. The summed E-state index contributed by atoms with van der Waals surface area (Å²) < 4.78 is 67.4. The predicted molar refractivity (Wildman–Crippen MR) is 87.3 cm³/mol. The van der Waals surface area contributed by atoms with Gasteiger partial charge in [0.2, 0.25) is 11.8 Å². The Morgan fingerprint density at radius 2 is 1.89 bits per heavy atom. The van der Waals surface area contributed by atoms with E-state index in [9.17, 15) is 26.7 Å².